The number of piperidine rings is 1. The van der Waals surface area contributed by atoms with Gasteiger partial charge in [0.2, 0.25) is 0 Å². The lowest BCUT2D eigenvalue weighted by Gasteiger charge is -2.38. The summed E-state index contributed by atoms with van der Waals surface area (Å²) in [5.41, 5.74) is 2.66. The zero-order chi connectivity index (χ0) is 12.4. The van der Waals surface area contributed by atoms with Crippen LogP contribution in [-0.4, -0.2) is 12.6 Å². The normalized spacial score (nSPS) is 25.1. The van der Waals surface area contributed by atoms with Crippen LogP contribution in [0.25, 0.3) is 0 Å². The van der Waals surface area contributed by atoms with Crippen LogP contribution in [0.3, 0.4) is 0 Å². The summed E-state index contributed by atoms with van der Waals surface area (Å²) in [6.07, 6.45) is 2.60. The van der Waals surface area contributed by atoms with Gasteiger partial charge in [0.15, 0.2) is 0 Å². The largest absolute Gasteiger partial charge is 0.368 e. The maximum Gasteiger partial charge on any atom is 0.0513 e. The van der Waals surface area contributed by atoms with Crippen LogP contribution in [0, 0.1) is 5.92 Å². The molecule has 1 fully saturated rings. The van der Waals surface area contributed by atoms with E-state index in [1.165, 1.54) is 35.1 Å². The standard InChI is InChI=1S/C14H19Br2N/c1-10-5-6-17(11(2)7-10)14-4-3-12(9-15)8-13(14)16/h3-4,8,10-11H,5-7,9H2,1-2H3. The minimum Gasteiger partial charge on any atom is -0.368 e. The summed E-state index contributed by atoms with van der Waals surface area (Å²) in [6.45, 7) is 5.87. The van der Waals surface area contributed by atoms with E-state index >= 15 is 0 Å². The van der Waals surface area contributed by atoms with Crippen molar-refractivity contribution in [3.63, 3.8) is 0 Å². The molecular formula is C14H19Br2N. The second-order valence-corrected chi connectivity index (χ2v) is 6.51. The molecule has 1 saturated heterocycles. The van der Waals surface area contributed by atoms with Crippen LogP contribution < -0.4 is 4.90 Å². The van der Waals surface area contributed by atoms with E-state index in [9.17, 15) is 0 Å². The summed E-state index contributed by atoms with van der Waals surface area (Å²) in [5.74, 6) is 0.863. The molecule has 17 heavy (non-hydrogen) atoms. The smallest absolute Gasteiger partial charge is 0.0513 e. The van der Waals surface area contributed by atoms with Gasteiger partial charge in [-0.2, -0.15) is 0 Å². The highest BCUT2D eigenvalue weighted by atomic mass is 79.9. The molecule has 0 bridgehead atoms. The fourth-order valence-corrected chi connectivity index (χ4v) is 3.63. The van der Waals surface area contributed by atoms with Gasteiger partial charge in [-0.25, -0.2) is 0 Å². The first-order valence-electron chi connectivity index (χ1n) is 6.23. The van der Waals surface area contributed by atoms with Crippen LogP contribution in [0.5, 0.6) is 0 Å². The van der Waals surface area contributed by atoms with Crippen LogP contribution in [-0.2, 0) is 5.33 Å². The molecule has 0 spiro atoms. The Morgan fingerprint density at radius 3 is 2.71 bits per heavy atom. The third kappa shape index (κ3) is 3.05. The average molecular weight is 361 g/mol. The van der Waals surface area contributed by atoms with Crippen molar-refractivity contribution in [2.24, 2.45) is 5.92 Å². The molecular weight excluding hydrogens is 342 g/mol. The summed E-state index contributed by atoms with van der Waals surface area (Å²) in [6, 6.07) is 7.31. The number of rotatable bonds is 2. The second kappa shape index (κ2) is 5.75. The molecule has 0 saturated carbocycles. The fraction of sp³-hybridized carbons (Fsp3) is 0.571. The predicted molar refractivity (Wildman–Crippen MR) is 82.0 cm³/mol. The molecule has 0 amide bonds. The Bertz CT molecular complexity index is 392. The molecule has 3 heteroatoms. The van der Waals surface area contributed by atoms with Crippen molar-refractivity contribution in [2.45, 2.75) is 38.1 Å². The van der Waals surface area contributed by atoms with E-state index in [4.69, 9.17) is 0 Å². The van der Waals surface area contributed by atoms with E-state index in [2.05, 4.69) is 68.8 Å². The van der Waals surface area contributed by atoms with Crippen molar-refractivity contribution in [3.8, 4) is 0 Å². The molecule has 1 aromatic carbocycles. The summed E-state index contributed by atoms with van der Waals surface area (Å²) >= 11 is 7.20. The Morgan fingerprint density at radius 2 is 2.12 bits per heavy atom. The number of benzene rings is 1. The van der Waals surface area contributed by atoms with E-state index in [1.807, 2.05) is 0 Å². The minimum absolute atomic E-state index is 0.643. The molecule has 1 aromatic rings. The summed E-state index contributed by atoms with van der Waals surface area (Å²) < 4.78 is 1.22. The summed E-state index contributed by atoms with van der Waals surface area (Å²) in [4.78, 5) is 2.53. The highest BCUT2D eigenvalue weighted by molar-refractivity contribution is 9.10. The molecule has 0 aliphatic carbocycles. The lowest BCUT2D eigenvalue weighted by atomic mass is 9.93. The molecule has 0 aromatic heterocycles. The maximum absolute atomic E-state index is 3.70. The fourth-order valence-electron chi connectivity index (χ4n) is 2.63. The van der Waals surface area contributed by atoms with Gasteiger partial charge in [-0.3, -0.25) is 0 Å². The molecule has 1 aliphatic heterocycles. The SMILES string of the molecule is CC1CCN(c2ccc(CBr)cc2Br)C(C)C1. The number of alkyl halides is 1. The van der Waals surface area contributed by atoms with Crippen molar-refractivity contribution in [1.82, 2.24) is 0 Å². The second-order valence-electron chi connectivity index (χ2n) is 5.09. The van der Waals surface area contributed by atoms with Crippen molar-refractivity contribution in [1.29, 1.82) is 0 Å². The molecule has 2 atom stereocenters. The van der Waals surface area contributed by atoms with E-state index in [0.717, 1.165) is 11.2 Å². The topological polar surface area (TPSA) is 3.24 Å². The number of hydrogen-bond acceptors (Lipinski definition) is 1. The van der Waals surface area contributed by atoms with Gasteiger partial charge in [-0.15, -0.1) is 0 Å². The quantitative estimate of drug-likeness (QED) is 0.673. The van der Waals surface area contributed by atoms with E-state index in [1.54, 1.807) is 0 Å². The Hall–Kier alpha value is -0.0200. The van der Waals surface area contributed by atoms with Crippen LogP contribution >= 0.6 is 31.9 Å². The van der Waals surface area contributed by atoms with Gasteiger partial charge < -0.3 is 4.90 Å². The third-order valence-corrected chi connectivity index (χ3v) is 4.90. The molecule has 0 N–H and O–H groups in total. The van der Waals surface area contributed by atoms with Gasteiger partial charge in [0.05, 0.1) is 5.69 Å². The summed E-state index contributed by atoms with van der Waals surface area (Å²) in [5, 5.41) is 0.915. The first-order chi connectivity index (χ1) is 8.11. The van der Waals surface area contributed by atoms with Crippen LogP contribution in [0.15, 0.2) is 22.7 Å². The Kier molecular flexibility index (Phi) is 4.53. The van der Waals surface area contributed by atoms with Gasteiger partial charge in [0, 0.05) is 22.4 Å². The molecule has 2 unspecified atom stereocenters. The van der Waals surface area contributed by atoms with Gasteiger partial charge >= 0.3 is 0 Å². The maximum atomic E-state index is 3.70. The van der Waals surface area contributed by atoms with Crippen molar-refractivity contribution >= 4 is 37.5 Å². The lowest BCUT2D eigenvalue weighted by Crippen LogP contribution is -2.40. The first kappa shape index (κ1) is 13.4. The average Bonchev–Trinajstić information content (AvgIpc) is 2.30. The van der Waals surface area contributed by atoms with E-state index in [-0.39, 0.29) is 0 Å². The summed E-state index contributed by atoms with van der Waals surface area (Å²) in [7, 11) is 0. The van der Waals surface area contributed by atoms with Crippen molar-refractivity contribution in [3.05, 3.63) is 28.2 Å². The molecule has 1 heterocycles. The Morgan fingerprint density at radius 1 is 1.35 bits per heavy atom. The number of hydrogen-bond donors (Lipinski definition) is 0. The highest BCUT2D eigenvalue weighted by Crippen LogP contribution is 2.33. The van der Waals surface area contributed by atoms with Crippen LogP contribution in [0.4, 0.5) is 5.69 Å². The minimum atomic E-state index is 0.643. The Labute approximate surface area is 121 Å². The first-order valence-corrected chi connectivity index (χ1v) is 8.14. The Balaban J connectivity index is 2.22. The predicted octanol–water partition coefficient (Wildman–Crippen LogP) is 4.97. The lowest BCUT2D eigenvalue weighted by molar-refractivity contribution is 0.377. The van der Waals surface area contributed by atoms with E-state index in [0.29, 0.717) is 6.04 Å². The number of anilines is 1. The van der Waals surface area contributed by atoms with Gasteiger partial charge in [0.1, 0.15) is 0 Å². The molecule has 94 valence electrons. The zero-order valence-electron chi connectivity index (χ0n) is 10.4. The van der Waals surface area contributed by atoms with Crippen LogP contribution in [0.2, 0.25) is 0 Å². The van der Waals surface area contributed by atoms with Crippen LogP contribution in [0.1, 0.15) is 32.3 Å². The molecule has 1 aliphatic rings. The number of nitrogens with zero attached hydrogens (tertiary/aromatic N) is 1. The molecule has 2 rings (SSSR count). The number of halogens is 2. The zero-order valence-corrected chi connectivity index (χ0v) is 13.6. The van der Waals surface area contributed by atoms with Crippen molar-refractivity contribution < 1.29 is 0 Å². The molecule has 1 nitrogen and oxygen atoms in total. The van der Waals surface area contributed by atoms with Crippen molar-refractivity contribution in [2.75, 3.05) is 11.4 Å². The van der Waals surface area contributed by atoms with Gasteiger partial charge in [0.25, 0.3) is 0 Å². The highest BCUT2D eigenvalue weighted by Gasteiger charge is 2.24. The third-order valence-electron chi connectivity index (χ3n) is 3.61. The molecule has 0 radical (unpaired) electrons. The van der Waals surface area contributed by atoms with Gasteiger partial charge in [-0.1, -0.05) is 28.9 Å². The monoisotopic (exact) mass is 359 g/mol. The van der Waals surface area contributed by atoms with Gasteiger partial charge in [-0.05, 0) is 59.3 Å². The van der Waals surface area contributed by atoms with E-state index < -0.39 is 0 Å².